The van der Waals surface area contributed by atoms with Crippen LogP contribution in [0.3, 0.4) is 0 Å². The van der Waals surface area contributed by atoms with Crippen molar-refractivity contribution in [3.05, 3.63) is 0 Å². The second-order valence-electron chi connectivity index (χ2n) is 4.05. The van der Waals surface area contributed by atoms with Crippen molar-refractivity contribution in [3.63, 3.8) is 0 Å². The number of hydrogen-bond acceptors (Lipinski definition) is 5. The highest BCUT2D eigenvalue weighted by atomic mass is 31.1. The second kappa shape index (κ2) is 5.70. The van der Waals surface area contributed by atoms with Crippen LogP contribution in [-0.4, -0.2) is 26.7 Å². The lowest BCUT2D eigenvalue weighted by Crippen LogP contribution is -2.45. The molecule has 0 aliphatic carbocycles. The molecule has 0 saturated carbocycles. The summed E-state index contributed by atoms with van der Waals surface area (Å²) in [5.74, 6) is -2.22. The molecule has 15 heavy (non-hydrogen) atoms. The van der Waals surface area contributed by atoms with E-state index in [-0.39, 0.29) is 6.61 Å². The molecule has 5 nitrogen and oxygen atoms in total. The van der Waals surface area contributed by atoms with Gasteiger partial charge in [-0.15, -0.1) is 0 Å². The second-order valence-corrected chi connectivity index (χ2v) is 8.81. The van der Waals surface area contributed by atoms with Gasteiger partial charge in [-0.05, 0) is 26.6 Å². The van der Waals surface area contributed by atoms with Crippen LogP contribution in [0.1, 0.15) is 13.8 Å². The Kier molecular flexibility index (Phi) is 5.59. The normalized spacial score (nSPS) is 16.1. The van der Waals surface area contributed by atoms with Crippen molar-refractivity contribution >= 4 is 23.0 Å². The largest absolute Gasteiger partial charge is 0.516 e. The van der Waals surface area contributed by atoms with Crippen molar-refractivity contribution in [2.45, 2.75) is 39.3 Å². The number of ether oxygens (including phenoxy) is 1. The predicted molar refractivity (Wildman–Crippen MR) is 58.2 cm³/mol. The molecule has 0 N–H and O–H groups in total. The Balaban J connectivity index is 4.62. The third kappa shape index (κ3) is 5.37. The first-order valence-electron chi connectivity index (χ1n) is 4.63. The zero-order valence-electron chi connectivity index (χ0n) is 9.70. The molecule has 0 amide bonds. The average molecular weight is 252 g/mol. The van der Waals surface area contributed by atoms with E-state index < -0.39 is 28.8 Å². The molecular weight excluding hydrogens is 235 g/mol. The first-order chi connectivity index (χ1) is 6.75. The van der Waals surface area contributed by atoms with Gasteiger partial charge in [-0.1, -0.05) is 0 Å². The molecule has 1 atom stereocenters. The van der Waals surface area contributed by atoms with E-state index in [0.29, 0.717) is 0 Å². The summed E-state index contributed by atoms with van der Waals surface area (Å²) in [5, 5.41) is 0. The van der Waals surface area contributed by atoms with Crippen molar-refractivity contribution in [2.75, 3.05) is 6.61 Å². The summed E-state index contributed by atoms with van der Waals surface area (Å²) in [6.45, 7) is 8.98. The summed E-state index contributed by atoms with van der Waals surface area (Å²) >= 11 is 0. The van der Waals surface area contributed by atoms with Gasteiger partial charge in [-0.3, -0.25) is 0 Å². The maximum Gasteiger partial charge on any atom is 0.354 e. The lowest BCUT2D eigenvalue weighted by atomic mass is 10.3. The minimum atomic E-state index is -2.00. The molecule has 0 aromatic heterocycles. The van der Waals surface area contributed by atoms with E-state index in [1.807, 2.05) is 19.6 Å². The van der Waals surface area contributed by atoms with Crippen molar-refractivity contribution in [1.82, 2.24) is 0 Å². The Hall–Kier alpha value is -0.293. The van der Waals surface area contributed by atoms with Crippen LogP contribution in [0.5, 0.6) is 0 Å². The quantitative estimate of drug-likeness (QED) is 0.412. The molecule has 88 valence electrons. The van der Waals surface area contributed by atoms with Gasteiger partial charge in [-0.2, -0.15) is 0 Å². The Labute approximate surface area is 92.5 Å². The van der Waals surface area contributed by atoms with Gasteiger partial charge in [0.05, 0.1) is 0 Å². The molecule has 0 spiro atoms. The van der Waals surface area contributed by atoms with E-state index >= 15 is 0 Å². The van der Waals surface area contributed by atoms with Gasteiger partial charge in [0, 0.05) is 13.5 Å². The maximum absolute atomic E-state index is 11.7. The smallest absolute Gasteiger partial charge is 0.354 e. The van der Waals surface area contributed by atoms with Crippen LogP contribution in [-0.2, 0) is 23.0 Å². The van der Waals surface area contributed by atoms with Crippen LogP contribution >= 0.6 is 8.69 Å². The molecule has 7 heteroatoms. The van der Waals surface area contributed by atoms with Gasteiger partial charge in [0.15, 0.2) is 0 Å². The molecule has 0 aromatic rings. The molecule has 1 unspecified atom stereocenters. The molecule has 0 fully saturated rings. The minimum Gasteiger partial charge on any atom is -0.516 e. The highest BCUT2D eigenvalue weighted by Gasteiger charge is 2.40. The molecule has 0 aromatic carbocycles. The number of carbonyl (C=O) groups is 1. The van der Waals surface area contributed by atoms with E-state index in [2.05, 4.69) is 0 Å². The summed E-state index contributed by atoms with van der Waals surface area (Å²) in [6.07, 6.45) is 0. The zero-order chi connectivity index (χ0) is 12.1. The van der Waals surface area contributed by atoms with Gasteiger partial charge in [0.2, 0.25) is 8.32 Å². The molecule has 0 aliphatic rings. The maximum atomic E-state index is 11.7. The highest BCUT2D eigenvalue weighted by Crippen LogP contribution is 2.22. The monoisotopic (exact) mass is 252 g/mol. The van der Waals surface area contributed by atoms with Crippen LogP contribution in [0, 0.1) is 0 Å². The Morgan fingerprint density at radius 3 is 2.27 bits per heavy atom. The summed E-state index contributed by atoms with van der Waals surface area (Å²) in [4.78, 5) is 11.7. The van der Waals surface area contributed by atoms with Gasteiger partial charge in [-0.25, -0.2) is 13.9 Å². The topological polar surface area (TPSA) is 61.8 Å². The molecule has 0 saturated heterocycles. The SMILES string of the molecule is CCOC(C)(OP=O)C(=O)O[Si](C)(C)C. The standard InChI is InChI=1S/C8H17O5PSi/c1-6-11-8(2,13-14-10)7(9)12-15(3,4)5/h6H2,1-5H3. The van der Waals surface area contributed by atoms with E-state index in [1.54, 1.807) is 6.92 Å². The number of hydrogen-bond donors (Lipinski definition) is 0. The van der Waals surface area contributed by atoms with Crippen molar-refractivity contribution in [1.29, 1.82) is 0 Å². The summed E-state index contributed by atoms with van der Waals surface area (Å²) in [7, 11) is -2.61. The molecule has 0 heterocycles. The van der Waals surface area contributed by atoms with Crippen LogP contribution in [0.25, 0.3) is 0 Å². The minimum absolute atomic E-state index is 0.271. The van der Waals surface area contributed by atoms with E-state index in [4.69, 9.17) is 13.7 Å². The molecular formula is C8H17O5PSi. The fourth-order valence-electron chi connectivity index (χ4n) is 0.840. The third-order valence-corrected chi connectivity index (χ3v) is 2.62. The van der Waals surface area contributed by atoms with E-state index in [9.17, 15) is 9.36 Å². The van der Waals surface area contributed by atoms with Crippen LogP contribution < -0.4 is 0 Å². The Morgan fingerprint density at radius 1 is 1.40 bits per heavy atom. The lowest BCUT2D eigenvalue weighted by molar-refractivity contribution is -0.199. The van der Waals surface area contributed by atoms with Crippen molar-refractivity contribution in [3.8, 4) is 0 Å². The van der Waals surface area contributed by atoms with Crippen LogP contribution in [0.15, 0.2) is 0 Å². The predicted octanol–water partition coefficient (Wildman–Crippen LogP) is 2.34. The Bertz CT molecular complexity index is 240. The van der Waals surface area contributed by atoms with E-state index in [0.717, 1.165) is 0 Å². The summed E-state index contributed by atoms with van der Waals surface area (Å²) < 4.78 is 25.4. The third-order valence-electron chi connectivity index (χ3n) is 1.40. The Morgan fingerprint density at radius 2 is 1.93 bits per heavy atom. The molecule has 0 aliphatic heterocycles. The first kappa shape index (κ1) is 14.7. The van der Waals surface area contributed by atoms with Gasteiger partial charge in [0.1, 0.15) is 0 Å². The average Bonchev–Trinajstić information content (AvgIpc) is 2.01. The van der Waals surface area contributed by atoms with Crippen molar-refractivity contribution < 1.29 is 23.0 Å². The zero-order valence-corrected chi connectivity index (χ0v) is 11.6. The number of rotatable bonds is 6. The first-order valence-corrected chi connectivity index (χ1v) is 8.77. The fraction of sp³-hybridized carbons (Fsp3) is 0.875. The van der Waals surface area contributed by atoms with E-state index in [1.165, 1.54) is 6.92 Å². The number of carbonyl (C=O) groups excluding carboxylic acids is 1. The van der Waals surface area contributed by atoms with Crippen molar-refractivity contribution in [2.24, 2.45) is 0 Å². The summed E-state index contributed by atoms with van der Waals surface area (Å²) in [6, 6.07) is 0. The van der Waals surface area contributed by atoms with Crippen LogP contribution in [0.2, 0.25) is 19.6 Å². The van der Waals surface area contributed by atoms with Gasteiger partial charge in [0.25, 0.3) is 5.79 Å². The molecule has 0 radical (unpaired) electrons. The fourth-order valence-corrected chi connectivity index (χ4v) is 1.85. The van der Waals surface area contributed by atoms with Crippen LogP contribution in [0.4, 0.5) is 0 Å². The van der Waals surface area contributed by atoms with Gasteiger partial charge < -0.3 is 9.16 Å². The molecule has 0 bridgehead atoms. The lowest BCUT2D eigenvalue weighted by Gasteiger charge is -2.27. The van der Waals surface area contributed by atoms with Gasteiger partial charge >= 0.3 is 14.7 Å². The summed E-state index contributed by atoms with van der Waals surface area (Å²) in [5.41, 5.74) is 0. The molecule has 0 rings (SSSR count). The highest BCUT2D eigenvalue weighted by molar-refractivity contribution is 7.17.